The van der Waals surface area contributed by atoms with Crippen molar-refractivity contribution in [3.8, 4) is 0 Å². The molecular formula is C12H12ClN3OS2. The average Bonchev–Trinajstić information content (AvgIpc) is 2.85. The molecule has 0 fully saturated rings. The largest absolute Gasteiger partial charge is 0.300 e. The molecule has 1 aromatic carbocycles. The van der Waals surface area contributed by atoms with Crippen molar-refractivity contribution in [2.75, 3.05) is 11.6 Å². The monoisotopic (exact) mass is 313 g/mol. The molecule has 0 unspecified atom stereocenters. The van der Waals surface area contributed by atoms with E-state index in [9.17, 15) is 4.79 Å². The first-order valence-corrected chi connectivity index (χ1v) is 8.01. The van der Waals surface area contributed by atoms with Crippen LogP contribution in [0.2, 0.25) is 5.02 Å². The van der Waals surface area contributed by atoms with Gasteiger partial charge in [-0.3, -0.25) is 4.79 Å². The second kappa shape index (κ2) is 6.88. The number of aromatic nitrogens is 2. The van der Waals surface area contributed by atoms with E-state index in [-0.39, 0.29) is 5.91 Å². The average molecular weight is 314 g/mol. The van der Waals surface area contributed by atoms with Crippen LogP contribution in [0.3, 0.4) is 0 Å². The number of thioether (sulfide) groups is 1. The lowest BCUT2D eigenvalue weighted by molar-refractivity contribution is -0.116. The Morgan fingerprint density at radius 1 is 1.42 bits per heavy atom. The van der Waals surface area contributed by atoms with E-state index in [1.807, 2.05) is 30.5 Å². The molecule has 4 nitrogen and oxygen atoms in total. The Morgan fingerprint density at radius 3 is 2.89 bits per heavy atom. The predicted octanol–water partition coefficient (Wildman–Crippen LogP) is 3.48. The smallest absolute Gasteiger partial charge is 0.226 e. The molecule has 0 aliphatic carbocycles. The van der Waals surface area contributed by atoms with Crippen molar-refractivity contribution in [1.82, 2.24) is 10.2 Å². The summed E-state index contributed by atoms with van der Waals surface area (Å²) in [5, 5.41) is 11.8. The minimum atomic E-state index is -0.0799. The molecule has 100 valence electrons. The van der Waals surface area contributed by atoms with Gasteiger partial charge in [0.1, 0.15) is 0 Å². The maximum atomic E-state index is 11.8. The molecule has 7 heteroatoms. The summed E-state index contributed by atoms with van der Waals surface area (Å²) in [5.41, 5.74) is 0.974. The molecule has 0 atom stereocenters. The third kappa shape index (κ3) is 4.19. The first-order chi connectivity index (χ1) is 9.19. The van der Waals surface area contributed by atoms with Crippen LogP contribution in [-0.4, -0.2) is 22.4 Å². The molecule has 0 saturated heterocycles. The lowest BCUT2D eigenvalue weighted by Gasteiger charge is -2.03. The summed E-state index contributed by atoms with van der Waals surface area (Å²) in [4.78, 5) is 11.8. The second-order valence-corrected chi connectivity index (χ2v) is 6.15. The van der Waals surface area contributed by atoms with Crippen molar-refractivity contribution in [2.24, 2.45) is 0 Å². The molecule has 19 heavy (non-hydrogen) atoms. The fourth-order valence-electron chi connectivity index (χ4n) is 1.47. The van der Waals surface area contributed by atoms with Crippen molar-refractivity contribution in [3.63, 3.8) is 0 Å². The number of aryl methyl sites for hydroxylation is 1. The van der Waals surface area contributed by atoms with Crippen LogP contribution >= 0.6 is 34.7 Å². The predicted molar refractivity (Wildman–Crippen MR) is 80.1 cm³/mol. The van der Waals surface area contributed by atoms with Gasteiger partial charge in [0.25, 0.3) is 0 Å². The molecule has 1 aromatic heterocycles. The van der Waals surface area contributed by atoms with E-state index in [1.54, 1.807) is 0 Å². The molecule has 1 amide bonds. The summed E-state index contributed by atoms with van der Waals surface area (Å²) < 4.78 is 0.835. The van der Waals surface area contributed by atoms with Crippen molar-refractivity contribution in [2.45, 2.75) is 17.2 Å². The second-order valence-electron chi connectivity index (χ2n) is 3.72. The molecular weight excluding hydrogens is 302 g/mol. The Balaban J connectivity index is 1.86. The van der Waals surface area contributed by atoms with E-state index in [1.165, 1.54) is 23.1 Å². The number of nitrogens with zero attached hydrogens (tertiary/aromatic N) is 2. The number of benzene rings is 1. The van der Waals surface area contributed by atoms with Crippen LogP contribution in [0.4, 0.5) is 5.13 Å². The Hall–Kier alpha value is -1.11. The number of rotatable bonds is 5. The molecule has 0 aliphatic rings. The molecule has 2 rings (SSSR count). The number of amides is 1. The fraction of sp³-hybridized carbons (Fsp3) is 0.250. The number of halogens is 1. The van der Waals surface area contributed by atoms with Gasteiger partial charge in [0.05, 0.1) is 0 Å². The Kier molecular flexibility index (Phi) is 5.18. The molecule has 0 spiro atoms. The highest BCUT2D eigenvalue weighted by Gasteiger charge is 2.08. The standard InChI is InChI=1S/C12H12ClN3OS2/c1-18-12-16-15-11(19-12)14-10(17)7-6-8-4-2-3-5-9(8)13/h2-5H,6-7H2,1H3,(H,14,15,17). The van der Waals surface area contributed by atoms with E-state index in [0.717, 1.165) is 9.90 Å². The minimum Gasteiger partial charge on any atom is -0.300 e. The summed E-state index contributed by atoms with van der Waals surface area (Å²) in [6.45, 7) is 0. The van der Waals surface area contributed by atoms with Gasteiger partial charge in [0, 0.05) is 11.4 Å². The zero-order valence-corrected chi connectivity index (χ0v) is 12.6. The first kappa shape index (κ1) is 14.3. The van der Waals surface area contributed by atoms with Crippen molar-refractivity contribution in [1.29, 1.82) is 0 Å². The van der Waals surface area contributed by atoms with Gasteiger partial charge in [-0.25, -0.2) is 0 Å². The van der Waals surface area contributed by atoms with Gasteiger partial charge < -0.3 is 5.32 Å². The maximum absolute atomic E-state index is 11.8. The van der Waals surface area contributed by atoms with Gasteiger partial charge in [-0.2, -0.15) is 0 Å². The van der Waals surface area contributed by atoms with Crippen LogP contribution in [0.25, 0.3) is 0 Å². The van der Waals surface area contributed by atoms with Gasteiger partial charge in [-0.05, 0) is 24.3 Å². The van der Waals surface area contributed by atoms with Crippen molar-refractivity contribution in [3.05, 3.63) is 34.9 Å². The third-order valence-corrected chi connectivity index (χ3v) is 4.59. The normalized spacial score (nSPS) is 10.4. The first-order valence-electron chi connectivity index (χ1n) is 5.60. The molecule has 1 heterocycles. The summed E-state index contributed by atoms with van der Waals surface area (Å²) in [5.74, 6) is -0.0799. The topological polar surface area (TPSA) is 54.9 Å². The molecule has 0 radical (unpaired) electrons. The number of anilines is 1. The van der Waals surface area contributed by atoms with Gasteiger partial charge >= 0.3 is 0 Å². The van der Waals surface area contributed by atoms with Crippen LogP contribution in [-0.2, 0) is 11.2 Å². The van der Waals surface area contributed by atoms with Gasteiger partial charge in [-0.15, -0.1) is 10.2 Å². The van der Waals surface area contributed by atoms with Gasteiger partial charge in [-0.1, -0.05) is 52.9 Å². The van der Waals surface area contributed by atoms with Gasteiger partial charge in [0.2, 0.25) is 11.0 Å². The zero-order valence-electron chi connectivity index (χ0n) is 10.2. The highest BCUT2D eigenvalue weighted by molar-refractivity contribution is 8.00. The van der Waals surface area contributed by atoms with Crippen LogP contribution in [0.5, 0.6) is 0 Å². The van der Waals surface area contributed by atoms with Crippen LogP contribution in [0, 0.1) is 0 Å². The van der Waals surface area contributed by atoms with E-state index < -0.39 is 0 Å². The number of hydrogen-bond donors (Lipinski definition) is 1. The zero-order chi connectivity index (χ0) is 13.7. The Morgan fingerprint density at radius 2 is 2.21 bits per heavy atom. The van der Waals surface area contributed by atoms with Crippen LogP contribution in [0.15, 0.2) is 28.6 Å². The Bertz CT molecular complexity index is 574. The molecule has 2 aromatic rings. The molecule has 0 bridgehead atoms. The van der Waals surface area contributed by atoms with E-state index in [0.29, 0.717) is 23.0 Å². The SMILES string of the molecule is CSc1nnc(NC(=O)CCc2ccccc2Cl)s1. The lowest BCUT2D eigenvalue weighted by atomic mass is 10.1. The fourth-order valence-corrected chi connectivity index (χ4v) is 2.89. The third-order valence-electron chi connectivity index (χ3n) is 2.41. The number of hydrogen-bond acceptors (Lipinski definition) is 5. The van der Waals surface area contributed by atoms with E-state index >= 15 is 0 Å². The quantitative estimate of drug-likeness (QED) is 0.678. The number of carbonyl (C=O) groups excluding carboxylic acids is 1. The van der Waals surface area contributed by atoms with Crippen molar-refractivity contribution >= 4 is 45.7 Å². The highest BCUT2D eigenvalue weighted by atomic mass is 35.5. The summed E-state index contributed by atoms with van der Waals surface area (Å²) >= 11 is 8.91. The lowest BCUT2D eigenvalue weighted by Crippen LogP contribution is -2.12. The summed E-state index contributed by atoms with van der Waals surface area (Å²) in [6.07, 6.45) is 2.90. The van der Waals surface area contributed by atoms with Gasteiger partial charge in [0.15, 0.2) is 4.34 Å². The summed E-state index contributed by atoms with van der Waals surface area (Å²) in [6, 6.07) is 7.53. The highest BCUT2D eigenvalue weighted by Crippen LogP contribution is 2.23. The van der Waals surface area contributed by atoms with Crippen molar-refractivity contribution < 1.29 is 4.79 Å². The maximum Gasteiger partial charge on any atom is 0.226 e. The van der Waals surface area contributed by atoms with E-state index in [2.05, 4.69) is 15.5 Å². The molecule has 0 aliphatic heterocycles. The number of nitrogens with one attached hydrogen (secondary N) is 1. The molecule has 0 saturated carbocycles. The number of carbonyl (C=O) groups is 1. The Labute approximate surface area is 124 Å². The van der Waals surface area contributed by atoms with Crippen LogP contribution in [0.1, 0.15) is 12.0 Å². The van der Waals surface area contributed by atoms with Crippen LogP contribution < -0.4 is 5.32 Å². The van der Waals surface area contributed by atoms with E-state index in [4.69, 9.17) is 11.6 Å². The summed E-state index contributed by atoms with van der Waals surface area (Å²) in [7, 11) is 0. The molecule has 1 N–H and O–H groups in total. The minimum absolute atomic E-state index is 0.0799.